The van der Waals surface area contributed by atoms with Crippen molar-refractivity contribution in [1.82, 2.24) is 15.3 Å². The standard InChI is InChI=1S/C19H24N4O3/c1-5-9-20-18-12-15(22-13(2)23-18)19(24)21-10-8-14-6-7-16(25-3)17(11-14)26-4/h5-7,11-12H,1,8-10H2,2-4H3,(H,21,24)(H,20,22,23). The summed E-state index contributed by atoms with van der Waals surface area (Å²) < 4.78 is 10.5. The second-order valence-corrected chi connectivity index (χ2v) is 5.55. The molecule has 138 valence electrons. The molecule has 0 fully saturated rings. The Labute approximate surface area is 153 Å². The zero-order valence-electron chi connectivity index (χ0n) is 15.3. The van der Waals surface area contributed by atoms with Crippen molar-refractivity contribution in [2.24, 2.45) is 0 Å². The van der Waals surface area contributed by atoms with Gasteiger partial charge in [-0.3, -0.25) is 4.79 Å². The van der Waals surface area contributed by atoms with Crippen molar-refractivity contribution >= 4 is 11.7 Å². The van der Waals surface area contributed by atoms with Gasteiger partial charge >= 0.3 is 0 Å². The van der Waals surface area contributed by atoms with Gasteiger partial charge in [-0.2, -0.15) is 0 Å². The summed E-state index contributed by atoms with van der Waals surface area (Å²) in [5, 5.41) is 5.94. The van der Waals surface area contributed by atoms with E-state index in [0.717, 1.165) is 5.56 Å². The van der Waals surface area contributed by atoms with Gasteiger partial charge in [0.25, 0.3) is 5.91 Å². The first-order chi connectivity index (χ1) is 12.6. The number of nitrogens with zero attached hydrogens (tertiary/aromatic N) is 2. The topological polar surface area (TPSA) is 85.4 Å². The van der Waals surface area contributed by atoms with Crippen LogP contribution in [0.4, 0.5) is 5.82 Å². The lowest BCUT2D eigenvalue weighted by molar-refractivity contribution is 0.0949. The molecule has 2 rings (SSSR count). The Morgan fingerprint density at radius 2 is 1.96 bits per heavy atom. The van der Waals surface area contributed by atoms with E-state index in [2.05, 4.69) is 27.2 Å². The molecule has 1 heterocycles. The minimum Gasteiger partial charge on any atom is -0.493 e. The largest absolute Gasteiger partial charge is 0.493 e. The number of aryl methyl sites for hydroxylation is 1. The SMILES string of the molecule is C=CCNc1cc(C(=O)NCCc2ccc(OC)c(OC)c2)nc(C)n1. The fourth-order valence-electron chi connectivity index (χ4n) is 2.40. The monoisotopic (exact) mass is 356 g/mol. The van der Waals surface area contributed by atoms with Crippen molar-refractivity contribution in [2.75, 3.05) is 32.6 Å². The van der Waals surface area contributed by atoms with Gasteiger partial charge in [0.15, 0.2) is 11.5 Å². The van der Waals surface area contributed by atoms with Crippen LogP contribution in [0.1, 0.15) is 21.9 Å². The Kier molecular flexibility index (Phi) is 6.96. The number of hydrogen-bond acceptors (Lipinski definition) is 6. The van der Waals surface area contributed by atoms with Crippen LogP contribution < -0.4 is 20.1 Å². The molecule has 1 aromatic carbocycles. The third-order valence-corrected chi connectivity index (χ3v) is 3.65. The van der Waals surface area contributed by atoms with Crippen molar-refractivity contribution in [1.29, 1.82) is 0 Å². The maximum absolute atomic E-state index is 12.3. The Bertz CT molecular complexity index is 777. The first-order valence-electron chi connectivity index (χ1n) is 8.27. The number of amides is 1. The summed E-state index contributed by atoms with van der Waals surface area (Å²) in [5.41, 5.74) is 1.37. The van der Waals surface area contributed by atoms with E-state index in [0.29, 0.717) is 48.3 Å². The highest BCUT2D eigenvalue weighted by Crippen LogP contribution is 2.27. The van der Waals surface area contributed by atoms with Crippen LogP contribution in [-0.4, -0.2) is 43.2 Å². The third kappa shape index (κ3) is 5.20. The van der Waals surface area contributed by atoms with Gasteiger partial charge in [0, 0.05) is 19.2 Å². The summed E-state index contributed by atoms with van der Waals surface area (Å²) in [6.45, 7) is 6.44. The molecule has 0 bridgehead atoms. The number of hydrogen-bond donors (Lipinski definition) is 2. The quantitative estimate of drug-likeness (QED) is 0.671. The maximum Gasteiger partial charge on any atom is 0.270 e. The molecule has 7 heteroatoms. The first-order valence-corrected chi connectivity index (χ1v) is 8.27. The molecule has 7 nitrogen and oxygen atoms in total. The third-order valence-electron chi connectivity index (χ3n) is 3.65. The molecule has 1 amide bonds. The molecule has 0 atom stereocenters. The summed E-state index contributed by atoms with van der Waals surface area (Å²) in [5.74, 6) is 2.24. The van der Waals surface area contributed by atoms with E-state index in [1.165, 1.54) is 0 Å². The van der Waals surface area contributed by atoms with Gasteiger partial charge in [0.1, 0.15) is 17.3 Å². The molecule has 0 saturated carbocycles. The lowest BCUT2D eigenvalue weighted by atomic mass is 10.1. The zero-order valence-corrected chi connectivity index (χ0v) is 15.3. The molecule has 26 heavy (non-hydrogen) atoms. The fraction of sp³-hybridized carbons (Fsp3) is 0.316. The lowest BCUT2D eigenvalue weighted by Gasteiger charge is -2.10. The molecule has 0 aliphatic rings. The summed E-state index contributed by atoms with van der Waals surface area (Å²) in [6.07, 6.45) is 2.39. The fourth-order valence-corrected chi connectivity index (χ4v) is 2.40. The highest BCUT2D eigenvalue weighted by molar-refractivity contribution is 5.92. The van der Waals surface area contributed by atoms with Crippen LogP contribution in [-0.2, 0) is 6.42 Å². The van der Waals surface area contributed by atoms with E-state index in [1.54, 1.807) is 33.3 Å². The van der Waals surface area contributed by atoms with Crippen LogP contribution in [0, 0.1) is 6.92 Å². The predicted octanol–water partition coefficient (Wildman–Crippen LogP) is 2.37. The average Bonchev–Trinajstić information content (AvgIpc) is 2.65. The predicted molar refractivity (Wildman–Crippen MR) is 101 cm³/mol. The van der Waals surface area contributed by atoms with E-state index in [9.17, 15) is 4.79 Å². The van der Waals surface area contributed by atoms with Gasteiger partial charge in [0.05, 0.1) is 14.2 Å². The second kappa shape index (κ2) is 9.41. The Morgan fingerprint density at radius 1 is 1.19 bits per heavy atom. The Morgan fingerprint density at radius 3 is 2.65 bits per heavy atom. The maximum atomic E-state index is 12.3. The average molecular weight is 356 g/mol. The lowest BCUT2D eigenvalue weighted by Crippen LogP contribution is -2.27. The number of rotatable bonds is 9. The van der Waals surface area contributed by atoms with Crippen LogP contribution in [0.15, 0.2) is 36.9 Å². The molecule has 0 saturated heterocycles. The van der Waals surface area contributed by atoms with Crippen LogP contribution in [0.5, 0.6) is 11.5 Å². The normalized spacial score (nSPS) is 10.1. The molecule has 2 N–H and O–H groups in total. The first kappa shape index (κ1) is 19.2. The molecule has 0 spiro atoms. The van der Waals surface area contributed by atoms with Crippen LogP contribution in [0.25, 0.3) is 0 Å². The highest BCUT2D eigenvalue weighted by Gasteiger charge is 2.10. The molecule has 0 radical (unpaired) electrons. The summed E-state index contributed by atoms with van der Waals surface area (Å²) in [6, 6.07) is 7.32. The number of carbonyl (C=O) groups excluding carboxylic acids is 1. The van der Waals surface area contributed by atoms with Crippen molar-refractivity contribution in [3.05, 3.63) is 54.0 Å². The van der Waals surface area contributed by atoms with E-state index < -0.39 is 0 Å². The van der Waals surface area contributed by atoms with Gasteiger partial charge in [0.2, 0.25) is 0 Å². The molecule has 1 aromatic heterocycles. The van der Waals surface area contributed by atoms with Crippen molar-refractivity contribution < 1.29 is 14.3 Å². The van der Waals surface area contributed by atoms with Gasteiger partial charge in [-0.25, -0.2) is 9.97 Å². The number of anilines is 1. The zero-order chi connectivity index (χ0) is 18.9. The summed E-state index contributed by atoms with van der Waals surface area (Å²) in [7, 11) is 3.19. The smallest absolute Gasteiger partial charge is 0.270 e. The van der Waals surface area contributed by atoms with Crippen LogP contribution in [0.2, 0.25) is 0 Å². The molecular formula is C19H24N4O3. The van der Waals surface area contributed by atoms with Gasteiger partial charge in [-0.05, 0) is 31.0 Å². The molecular weight excluding hydrogens is 332 g/mol. The van der Waals surface area contributed by atoms with E-state index in [4.69, 9.17) is 9.47 Å². The molecule has 0 aliphatic carbocycles. The molecule has 0 unspecified atom stereocenters. The van der Waals surface area contributed by atoms with E-state index in [1.807, 2.05) is 18.2 Å². The van der Waals surface area contributed by atoms with Gasteiger partial charge in [-0.1, -0.05) is 12.1 Å². The number of benzene rings is 1. The summed E-state index contributed by atoms with van der Waals surface area (Å²) >= 11 is 0. The van der Waals surface area contributed by atoms with Crippen molar-refractivity contribution in [3.8, 4) is 11.5 Å². The van der Waals surface area contributed by atoms with Gasteiger partial charge in [-0.15, -0.1) is 6.58 Å². The minimum absolute atomic E-state index is 0.238. The van der Waals surface area contributed by atoms with Crippen molar-refractivity contribution in [2.45, 2.75) is 13.3 Å². The van der Waals surface area contributed by atoms with E-state index in [-0.39, 0.29) is 5.91 Å². The number of methoxy groups -OCH3 is 2. The minimum atomic E-state index is -0.238. The van der Waals surface area contributed by atoms with Crippen molar-refractivity contribution in [3.63, 3.8) is 0 Å². The van der Waals surface area contributed by atoms with Gasteiger partial charge < -0.3 is 20.1 Å². The number of carbonyl (C=O) groups is 1. The Hall–Kier alpha value is -3.09. The van der Waals surface area contributed by atoms with E-state index >= 15 is 0 Å². The second-order valence-electron chi connectivity index (χ2n) is 5.55. The van der Waals surface area contributed by atoms with Crippen LogP contribution in [0.3, 0.4) is 0 Å². The molecule has 0 aliphatic heterocycles. The summed E-state index contributed by atoms with van der Waals surface area (Å²) in [4.78, 5) is 20.8. The highest BCUT2D eigenvalue weighted by atomic mass is 16.5. The molecule has 2 aromatic rings. The number of ether oxygens (including phenoxy) is 2. The number of aromatic nitrogens is 2. The number of nitrogens with one attached hydrogen (secondary N) is 2. The Balaban J connectivity index is 1.96. The van der Waals surface area contributed by atoms with Crippen LogP contribution >= 0.6 is 0 Å².